The smallest absolute Gasteiger partial charge is 0.462 e. The number of allylic oxidation sites excluding steroid dienone is 12. The van der Waals surface area contributed by atoms with Gasteiger partial charge in [-0.3, -0.25) is 18.6 Å². The third-order valence-electron chi connectivity index (χ3n) is 7.83. The van der Waals surface area contributed by atoms with E-state index in [1.165, 1.54) is 6.42 Å². The van der Waals surface area contributed by atoms with Crippen molar-refractivity contribution < 1.29 is 47.8 Å². The fraction of sp³-hybridized carbons (Fsp3) is 0.667. The van der Waals surface area contributed by atoms with Crippen LogP contribution in [0, 0.1) is 0 Å². The van der Waals surface area contributed by atoms with Gasteiger partial charge in [-0.2, -0.15) is 0 Å². The summed E-state index contributed by atoms with van der Waals surface area (Å²) in [6.45, 7) is 2.13. The second kappa shape index (κ2) is 37.7. The molecule has 0 aromatic rings. The predicted octanol–water partition coefficient (Wildman–Crippen LogP) is 10.1. The lowest BCUT2D eigenvalue weighted by Gasteiger charge is -2.20. The summed E-state index contributed by atoms with van der Waals surface area (Å²) < 4.78 is 32.6. The number of esters is 2. The molecule has 304 valence electrons. The van der Waals surface area contributed by atoms with Crippen molar-refractivity contribution in [2.24, 2.45) is 0 Å². The number of carbonyl (C=O) groups is 2. The molecule has 0 bridgehead atoms. The second-order valence-electron chi connectivity index (χ2n) is 12.9. The Bertz CT molecular complexity index is 1110. The summed E-state index contributed by atoms with van der Waals surface area (Å²) in [7, 11) is -4.63. The maximum atomic E-state index is 12.6. The van der Waals surface area contributed by atoms with Crippen molar-refractivity contribution in [1.29, 1.82) is 0 Å². The Kier molecular flexibility index (Phi) is 35.9. The van der Waals surface area contributed by atoms with Gasteiger partial charge in [0.15, 0.2) is 6.10 Å². The number of aliphatic hydroxyl groups excluding tert-OH is 2. The summed E-state index contributed by atoms with van der Waals surface area (Å²) in [4.78, 5) is 34.9. The molecular formula is C42H71O10P. The molecule has 0 aromatic carbocycles. The van der Waals surface area contributed by atoms with Gasteiger partial charge in [0, 0.05) is 12.8 Å². The van der Waals surface area contributed by atoms with Crippen LogP contribution in [0.5, 0.6) is 0 Å². The van der Waals surface area contributed by atoms with Crippen LogP contribution in [0.1, 0.15) is 142 Å². The Hall–Kier alpha value is -2.59. The van der Waals surface area contributed by atoms with Crippen molar-refractivity contribution in [2.75, 3.05) is 26.4 Å². The Morgan fingerprint density at radius 1 is 0.585 bits per heavy atom. The van der Waals surface area contributed by atoms with Crippen LogP contribution in [0.15, 0.2) is 72.9 Å². The maximum Gasteiger partial charge on any atom is 0.472 e. The molecule has 0 spiro atoms. The lowest BCUT2D eigenvalue weighted by molar-refractivity contribution is -0.161. The SMILES string of the molecule is CC/C=C\C/C=C\C/C=C\C/C=C\CCCCCCC(=O)OC(COC(=O)CCCCCCC/C=C\C/C=C\CCC)COP(=O)(O)OCC(O)CO. The number of aliphatic hydroxyl groups is 2. The van der Waals surface area contributed by atoms with Gasteiger partial charge in [-0.25, -0.2) is 4.57 Å². The number of unbranched alkanes of at least 4 members (excludes halogenated alkanes) is 10. The summed E-state index contributed by atoms with van der Waals surface area (Å²) in [6.07, 6.45) is 41.5. The zero-order valence-corrected chi connectivity index (χ0v) is 33.6. The van der Waals surface area contributed by atoms with Crippen molar-refractivity contribution in [2.45, 2.75) is 154 Å². The van der Waals surface area contributed by atoms with Crippen LogP contribution in [-0.4, -0.2) is 65.7 Å². The van der Waals surface area contributed by atoms with E-state index >= 15 is 0 Å². The van der Waals surface area contributed by atoms with Crippen LogP contribution in [-0.2, 0) is 32.7 Å². The molecule has 0 saturated carbocycles. The fourth-order valence-electron chi connectivity index (χ4n) is 4.78. The molecule has 0 rings (SSSR count). The molecule has 0 saturated heterocycles. The highest BCUT2D eigenvalue weighted by Crippen LogP contribution is 2.43. The molecule has 11 heteroatoms. The first-order chi connectivity index (χ1) is 25.7. The molecule has 3 unspecified atom stereocenters. The number of phosphoric acid groups is 1. The van der Waals surface area contributed by atoms with Gasteiger partial charge in [-0.05, 0) is 77.0 Å². The molecule has 3 atom stereocenters. The third-order valence-corrected chi connectivity index (χ3v) is 8.78. The Labute approximate surface area is 320 Å². The number of rotatable bonds is 36. The molecule has 0 fully saturated rings. The van der Waals surface area contributed by atoms with E-state index in [1.807, 2.05) is 0 Å². The van der Waals surface area contributed by atoms with Crippen molar-refractivity contribution in [3.63, 3.8) is 0 Å². The van der Waals surface area contributed by atoms with Crippen molar-refractivity contribution >= 4 is 19.8 Å². The lowest BCUT2D eigenvalue weighted by Crippen LogP contribution is -2.29. The van der Waals surface area contributed by atoms with Gasteiger partial charge in [0.2, 0.25) is 0 Å². The average molecular weight is 767 g/mol. The van der Waals surface area contributed by atoms with Gasteiger partial charge in [-0.1, -0.05) is 125 Å². The van der Waals surface area contributed by atoms with E-state index in [4.69, 9.17) is 19.1 Å². The second-order valence-corrected chi connectivity index (χ2v) is 14.4. The van der Waals surface area contributed by atoms with Crippen LogP contribution in [0.3, 0.4) is 0 Å². The van der Waals surface area contributed by atoms with Crippen LogP contribution in [0.25, 0.3) is 0 Å². The number of carbonyl (C=O) groups excluding carboxylic acids is 2. The van der Waals surface area contributed by atoms with Crippen LogP contribution < -0.4 is 0 Å². The topological polar surface area (TPSA) is 149 Å². The molecule has 0 aliphatic heterocycles. The van der Waals surface area contributed by atoms with Crippen molar-refractivity contribution in [3.05, 3.63) is 72.9 Å². The van der Waals surface area contributed by atoms with Gasteiger partial charge in [0.05, 0.1) is 19.8 Å². The van der Waals surface area contributed by atoms with E-state index < -0.39 is 51.8 Å². The van der Waals surface area contributed by atoms with Crippen LogP contribution >= 0.6 is 7.82 Å². The Morgan fingerprint density at radius 2 is 1.04 bits per heavy atom. The summed E-state index contributed by atoms with van der Waals surface area (Å²) in [5.74, 6) is -0.978. The standard InChI is InChI=1S/C42H71O10P/c1-3-5-7-9-11-13-15-17-18-19-20-22-24-26-28-30-32-34-42(46)52-40(38-51-53(47,48)50-36-39(44)35-43)37-49-41(45)33-31-29-27-25-23-21-16-14-12-10-8-6-4-2/h5,7-8,10-11,13-14,16-18,20,22,39-40,43-44H,3-4,6,9,12,15,19,21,23-38H2,1-2H3,(H,47,48)/b7-5-,10-8-,13-11-,16-14-,18-17-,22-20-. The van der Waals surface area contributed by atoms with Gasteiger partial charge in [0.25, 0.3) is 0 Å². The largest absolute Gasteiger partial charge is 0.472 e. The van der Waals surface area contributed by atoms with E-state index in [-0.39, 0.29) is 19.4 Å². The zero-order chi connectivity index (χ0) is 39.1. The molecule has 10 nitrogen and oxygen atoms in total. The van der Waals surface area contributed by atoms with E-state index in [9.17, 15) is 24.2 Å². The highest BCUT2D eigenvalue weighted by Gasteiger charge is 2.27. The normalized spacial score (nSPS) is 14.7. The highest BCUT2D eigenvalue weighted by molar-refractivity contribution is 7.47. The molecule has 0 amide bonds. The van der Waals surface area contributed by atoms with Gasteiger partial charge in [0.1, 0.15) is 12.7 Å². The highest BCUT2D eigenvalue weighted by atomic mass is 31.2. The summed E-state index contributed by atoms with van der Waals surface area (Å²) in [6, 6.07) is 0. The molecule has 0 heterocycles. The summed E-state index contributed by atoms with van der Waals surface area (Å²) in [5, 5.41) is 18.3. The van der Waals surface area contributed by atoms with Crippen LogP contribution in [0.2, 0.25) is 0 Å². The Morgan fingerprint density at radius 3 is 1.57 bits per heavy atom. The zero-order valence-electron chi connectivity index (χ0n) is 32.7. The molecule has 0 aliphatic rings. The van der Waals surface area contributed by atoms with E-state index in [2.05, 4.69) is 91.3 Å². The molecule has 53 heavy (non-hydrogen) atoms. The molecule has 0 aromatic heterocycles. The fourth-order valence-corrected chi connectivity index (χ4v) is 5.57. The maximum absolute atomic E-state index is 12.6. The minimum absolute atomic E-state index is 0.149. The Balaban J connectivity index is 4.43. The molecular weight excluding hydrogens is 695 g/mol. The summed E-state index contributed by atoms with van der Waals surface area (Å²) in [5.41, 5.74) is 0. The first-order valence-electron chi connectivity index (χ1n) is 19.9. The number of ether oxygens (including phenoxy) is 2. The average Bonchev–Trinajstić information content (AvgIpc) is 3.14. The van der Waals surface area contributed by atoms with Gasteiger partial charge in [-0.15, -0.1) is 0 Å². The van der Waals surface area contributed by atoms with Gasteiger partial charge < -0.3 is 24.6 Å². The van der Waals surface area contributed by atoms with E-state index in [1.54, 1.807) is 0 Å². The quantitative estimate of drug-likeness (QED) is 0.0243. The van der Waals surface area contributed by atoms with Crippen LogP contribution in [0.4, 0.5) is 0 Å². The predicted molar refractivity (Wildman–Crippen MR) is 214 cm³/mol. The first-order valence-corrected chi connectivity index (χ1v) is 21.4. The summed E-state index contributed by atoms with van der Waals surface area (Å²) >= 11 is 0. The number of hydrogen-bond acceptors (Lipinski definition) is 9. The minimum Gasteiger partial charge on any atom is -0.462 e. The minimum atomic E-state index is -4.63. The first kappa shape index (κ1) is 50.4. The van der Waals surface area contributed by atoms with Crippen molar-refractivity contribution in [3.8, 4) is 0 Å². The van der Waals surface area contributed by atoms with E-state index in [0.717, 1.165) is 96.3 Å². The number of hydrogen-bond donors (Lipinski definition) is 3. The lowest BCUT2D eigenvalue weighted by atomic mass is 10.1. The van der Waals surface area contributed by atoms with E-state index in [0.29, 0.717) is 12.8 Å². The number of phosphoric ester groups is 1. The molecule has 3 N–H and O–H groups in total. The third kappa shape index (κ3) is 37.5. The molecule has 0 radical (unpaired) electrons. The van der Waals surface area contributed by atoms with Crippen molar-refractivity contribution in [1.82, 2.24) is 0 Å². The molecule has 0 aliphatic carbocycles. The van der Waals surface area contributed by atoms with Gasteiger partial charge >= 0.3 is 19.8 Å². The monoisotopic (exact) mass is 766 g/mol.